The normalized spacial score (nSPS) is 17.7. The topological polar surface area (TPSA) is 44.9 Å². The van der Waals surface area contributed by atoms with Crippen LogP contribution in [-0.2, 0) is 24.1 Å². The number of hydrogen-bond acceptors (Lipinski definition) is 1. The predicted octanol–water partition coefficient (Wildman–Crippen LogP) is 4.73. The Balaban J connectivity index is 1.68. The van der Waals surface area contributed by atoms with E-state index in [2.05, 4.69) is 35.4 Å². The lowest BCUT2D eigenvalue weighted by Crippen LogP contribution is -2.03. The van der Waals surface area contributed by atoms with E-state index < -0.39 is 0 Å². The van der Waals surface area contributed by atoms with Gasteiger partial charge in [0.15, 0.2) is 0 Å². The van der Waals surface area contributed by atoms with E-state index in [1.807, 2.05) is 12.1 Å². The van der Waals surface area contributed by atoms with Crippen LogP contribution in [0.5, 0.6) is 0 Å². The predicted molar refractivity (Wildman–Crippen MR) is 99.0 cm³/mol. The summed E-state index contributed by atoms with van der Waals surface area (Å²) in [6.07, 6.45) is 10.3. The van der Waals surface area contributed by atoms with Gasteiger partial charge in [-0.3, -0.25) is 4.79 Å². The van der Waals surface area contributed by atoms with Gasteiger partial charge < -0.3 is 10.3 Å². The highest BCUT2D eigenvalue weighted by Crippen LogP contribution is 2.34. The fourth-order valence-corrected chi connectivity index (χ4v) is 3.78. The number of hydrogen-bond donors (Lipinski definition) is 2. The summed E-state index contributed by atoms with van der Waals surface area (Å²) in [7, 11) is 0. The van der Waals surface area contributed by atoms with Gasteiger partial charge in [-0.15, -0.1) is 0 Å². The number of benzene rings is 1. The summed E-state index contributed by atoms with van der Waals surface area (Å²) in [5.41, 5.74) is 7.89. The average molecular weight is 320 g/mol. The van der Waals surface area contributed by atoms with Gasteiger partial charge in [0.2, 0.25) is 0 Å². The number of anilines is 1. The second-order valence-electron chi connectivity index (χ2n) is 6.93. The van der Waals surface area contributed by atoms with Crippen LogP contribution >= 0.6 is 0 Å². The number of unbranched alkanes of at least 4 members (excludes halogenated alkanes) is 1. The quantitative estimate of drug-likeness (QED) is 0.786. The second-order valence-corrected chi connectivity index (χ2v) is 6.93. The van der Waals surface area contributed by atoms with E-state index in [4.69, 9.17) is 0 Å². The number of aromatic amines is 1. The Bertz CT molecular complexity index is 790. The number of carbonyl (C=O) groups is 1. The number of nitrogens with one attached hydrogen (secondary N) is 2. The van der Waals surface area contributed by atoms with Crippen LogP contribution in [0.1, 0.15) is 60.7 Å². The fourth-order valence-electron chi connectivity index (χ4n) is 3.78. The molecule has 124 valence electrons. The van der Waals surface area contributed by atoms with Gasteiger partial charge in [0, 0.05) is 22.6 Å². The van der Waals surface area contributed by atoms with Crippen LogP contribution in [0.3, 0.4) is 0 Å². The van der Waals surface area contributed by atoms with E-state index in [1.165, 1.54) is 42.5 Å². The van der Waals surface area contributed by atoms with Crippen LogP contribution in [0.25, 0.3) is 11.6 Å². The summed E-state index contributed by atoms with van der Waals surface area (Å²) in [5, 5.41) is 2.99. The summed E-state index contributed by atoms with van der Waals surface area (Å²) < 4.78 is 0. The molecular weight excluding hydrogens is 296 g/mol. The average Bonchev–Trinajstić information content (AvgIpc) is 3.14. The third kappa shape index (κ3) is 2.79. The van der Waals surface area contributed by atoms with Gasteiger partial charge in [0.1, 0.15) is 0 Å². The molecule has 4 rings (SSSR count). The molecule has 0 saturated heterocycles. The monoisotopic (exact) mass is 320 g/mol. The molecule has 3 heteroatoms. The SMILES string of the molecule is CCCCc1ccc2c(c1)C(=Cc1cc3c([nH]1)CCCC3)C(=O)N2. The second kappa shape index (κ2) is 6.31. The van der Waals surface area contributed by atoms with E-state index in [-0.39, 0.29) is 5.91 Å². The molecule has 2 heterocycles. The molecule has 0 saturated carbocycles. The van der Waals surface area contributed by atoms with Crippen molar-refractivity contribution in [1.82, 2.24) is 4.98 Å². The van der Waals surface area contributed by atoms with Crippen LogP contribution in [0, 0.1) is 0 Å². The summed E-state index contributed by atoms with van der Waals surface area (Å²) >= 11 is 0. The first-order valence-corrected chi connectivity index (χ1v) is 9.11. The Hall–Kier alpha value is -2.29. The molecule has 0 unspecified atom stereocenters. The number of carbonyl (C=O) groups excluding carboxylic acids is 1. The van der Waals surface area contributed by atoms with Crippen molar-refractivity contribution in [3.8, 4) is 0 Å². The Morgan fingerprint density at radius 2 is 2.04 bits per heavy atom. The Labute approximate surface area is 143 Å². The summed E-state index contributed by atoms with van der Waals surface area (Å²) in [5.74, 6) is 0.00483. The first kappa shape index (κ1) is 15.3. The maximum Gasteiger partial charge on any atom is 0.256 e. The third-order valence-corrected chi connectivity index (χ3v) is 5.12. The van der Waals surface area contributed by atoms with Crippen LogP contribution in [0.2, 0.25) is 0 Å². The lowest BCUT2D eigenvalue weighted by atomic mass is 9.98. The lowest BCUT2D eigenvalue weighted by molar-refractivity contribution is -0.110. The molecule has 1 aromatic heterocycles. The first-order valence-electron chi connectivity index (χ1n) is 9.11. The molecule has 0 fully saturated rings. The first-order chi connectivity index (χ1) is 11.7. The standard InChI is InChI=1S/C21H24N2O/c1-2-3-6-14-9-10-20-17(11-14)18(21(24)23-20)13-16-12-15-7-4-5-8-19(15)22-16/h9-13,22H,2-8H2,1H3,(H,23,24). The van der Waals surface area contributed by atoms with Crippen LogP contribution in [-0.4, -0.2) is 10.9 Å². The molecule has 0 radical (unpaired) electrons. The van der Waals surface area contributed by atoms with Crippen molar-refractivity contribution in [2.75, 3.05) is 5.32 Å². The van der Waals surface area contributed by atoms with Crippen molar-refractivity contribution in [2.24, 2.45) is 0 Å². The molecule has 2 N–H and O–H groups in total. The highest BCUT2D eigenvalue weighted by molar-refractivity contribution is 6.34. The van der Waals surface area contributed by atoms with Crippen LogP contribution in [0.15, 0.2) is 24.3 Å². The lowest BCUT2D eigenvalue weighted by Gasteiger charge is -2.08. The zero-order chi connectivity index (χ0) is 16.5. The molecule has 0 bridgehead atoms. The number of rotatable bonds is 4. The molecule has 1 aromatic carbocycles. The van der Waals surface area contributed by atoms with Crippen molar-refractivity contribution in [2.45, 2.75) is 51.9 Å². The van der Waals surface area contributed by atoms with Crippen LogP contribution in [0.4, 0.5) is 5.69 Å². The number of fused-ring (bicyclic) bond motifs is 2. The maximum absolute atomic E-state index is 12.4. The van der Waals surface area contributed by atoms with Gasteiger partial charge in [-0.2, -0.15) is 0 Å². The minimum Gasteiger partial charge on any atom is -0.359 e. The molecule has 0 spiro atoms. The highest BCUT2D eigenvalue weighted by Gasteiger charge is 2.24. The van der Waals surface area contributed by atoms with Crippen molar-refractivity contribution >= 4 is 23.2 Å². The smallest absolute Gasteiger partial charge is 0.256 e. The molecule has 1 aliphatic heterocycles. The molecule has 3 nitrogen and oxygen atoms in total. The van der Waals surface area contributed by atoms with Gasteiger partial charge in [-0.1, -0.05) is 19.4 Å². The third-order valence-electron chi connectivity index (χ3n) is 5.12. The maximum atomic E-state index is 12.4. The van der Waals surface area contributed by atoms with E-state index in [1.54, 1.807) is 0 Å². The van der Waals surface area contributed by atoms with E-state index in [0.29, 0.717) is 0 Å². The molecule has 1 aliphatic carbocycles. The molecule has 2 aliphatic rings. The van der Waals surface area contributed by atoms with Crippen molar-refractivity contribution < 1.29 is 4.79 Å². The molecule has 1 amide bonds. The largest absolute Gasteiger partial charge is 0.359 e. The van der Waals surface area contributed by atoms with Gasteiger partial charge >= 0.3 is 0 Å². The minimum absolute atomic E-state index is 0.00483. The van der Waals surface area contributed by atoms with E-state index in [9.17, 15) is 4.79 Å². The van der Waals surface area contributed by atoms with Gasteiger partial charge in [-0.05, 0) is 73.9 Å². The van der Waals surface area contributed by atoms with Gasteiger partial charge in [0.25, 0.3) is 5.91 Å². The minimum atomic E-state index is 0.00483. The van der Waals surface area contributed by atoms with Gasteiger partial charge in [-0.25, -0.2) is 0 Å². The Kier molecular flexibility index (Phi) is 4.01. The zero-order valence-electron chi connectivity index (χ0n) is 14.2. The Morgan fingerprint density at radius 3 is 2.88 bits per heavy atom. The van der Waals surface area contributed by atoms with Crippen molar-refractivity contribution in [3.63, 3.8) is 0 Å². The molecular formula is C21H24N2O. The Morgan fingerprint density at radius 1 is 1.17 bits per heavy atom. The summed E-state index contributed by atoms with van der Waals surface area (Å²) in [6.45, 7) is 2.21. The fraction of sp³-hybridized carbons (Fsp3) is 0.381. The van der Waals surface area contributed by atoms with Crippen molar-refractivity contribution in [1.29, 1.82) is 0 Å². The molecule has 2 aromatic rings. The number of H-pyrrole nitrogens is 1. The zero-order valence-corrected chi connectivity index (χ0v) is 14.2. The van der Waals surface area contributed by atoms with E-state index in [0.717, 1.165) is 41.8 Å². The van der Waals surface area contributed by atoms with Crippen molar-refractivity contribution in [3.05, 3.63) is 52.3 Å². The molecule has 24 heavy (non-hydrogen) atoms. The van der Waals surface area contributed by atoms with Crippen LogP contribution < -0.4 is 5.32 Å². The van der Waals surface area contributed by atoms with Gasteiger partial charge in [0.05, 0.1) is 5.57 Å². The number of amides is 1. The number of aromatic nitrogens is 1. The summed E-state index contributed by atoms with van der Waals surface area (Å²) in [4.78, 5) is 15.9. The highest BCUT2D eigenvalue weighted by atomic mass is 16.2. The summed E-state index contributed by atoms with van der Waals surface area (Å²) in [6, 6.07) is 8.56. The van der Waals surface area contributed by atoms with E-state index >= 15 is 0 Å². The number of aryl methyl sites for hydroxylation is 3. The molecule has 0 atom stereocenters.